The van der Waals surface area contributed by atoms with Crippen LogP contribution in [0.4, 0.5) is 16.2 Å². The van der Waals surface area contributed by atoms with E-state index in [-0.39, 0.29) is 23.5 Å². The van der Waals surface area contributed by atoms with Gasteiger partial charge < -0.3 is 19.9 Å². The Bertz CT molecular complexity index is 1560. The number of anilines is 2. The second kappa shape index (κ2) is 10.8. The second-order valence-electron chi connectivity index (χ2n) is 10.7. The van der Waals surface area contributed by atoms with E-state index in [1.165, 1.54) is 6.92 Å². The zero-order valence-electron chi connectivity index (χ0n) is 23.0. The van der Waals surface area contributed by atoms with Crippen LogP contribution in [0.1, 0.15) is 48.5 Å². The normalized spacial score (nSPS) is 13.8. The summed E-state index contributed by atoms with van der Waals surface area (Å²) in [6.07, 6.45) is 3.08. The van der Waals surface area contributed by atoms with Gasteiger partial charge in [-0.3, -0.25) is 9.59 Å². The van der Waals surface area contributed by atoms with Gasteiger partial charge in [0.05, 0.1) is 17.6 Å². The Hall–Kier alpha value is -4.73. The lowest BCUT2D eigenvalue weighted by atomic mass is 10.1. The number of Topliss-reactive ketones (excluding diaryl/α,β-unsaturated/α-hetero) is 1. The van der Waals surface area contributed by atoms with Crippen molar-refractivity contribution in [3.05, 3.63) is 78.2 Å². The summed E-state index contributed by atoms with van der Waals surface area (Å²) in [5.41, 5.74) is 4.01. The Morgan fingerprint density at radius 2 is 1.62 bits per heavy atom. The number of hydrogen-bond donors (Lipinski definition) is 1. The molecule has 1 fully saturated rings. The van der Waals surface area contributed by atoms with Gasteiger partial charge in [0.15, 0.2) is 11.4 Å². The minimum atomic E-state index is -0.542. The van der Waals surface area contributed by atoms with Crippen LogP contribution < -0.4 is 10.2 Å². The number of rotatable bonds is 5. The van der Waals surface area contributed by atoms with Gasteiger partial charge in [0, 0.05) is 43.5 Å². The number of benzene rings is 2. The van der Waals surface area contributed by atoms with Crippen molar-refractivity contribution in [3.8, 4) is 11.1 Å². The number of nitrogens with one attached hydrogen (secondary N) is 1. The summed E-state index contributed by atoms with van der Waals surface area (Å²) in [4.78, 5) is 45.9. The maximum absolute atomic E-state index is 13.3. The first-order chi connectivity index (χ1) is 19.1. The van der Waals surface area contributed by atoms with Crippen molar-refractivity contribution < 1.29 is 19.1 Å². The first kappa shape index (κ1) is 26.9. The summed E-state index contributed by atoms with van der Waals surface area (Å²) in [6, 6.07) is 16.5. The van der Waals surface area contributed by atoms with Crippen molar-refractivity contribution in [1.29, 1.82) is 0 Å². The molecule has 1 aliphatic heterocycles. The van der Waals surface area contributed by atoms with Crippen LogP contribution in [0.3, 0.4) is 0 Å². The highest BCUT2D eigenvalue weighted by Crippen LogP contribution is 2.28. The standard InChI is InChI=1S/C30H32N6O4/c1-20(37)21-9-11-22(12-10-21)23-19-31-36-14-13-25(32-27(23)36)28(38)33-24-7-5-6-8-26(24)34-15-17-35(18-16-34)29(39)40-30(2,3)4/h5-14,19H,15-18H2,1-4H3,(H,33,38). The fourth-order valence-corrected chi connectivity index (χ4v) is 4.58. The number of nitrogens with zero attached hydrogens (tertiary/aromatic N) is 5. The molecular formula is C30H32N6O4. The van der Waals surface area contributed by atoms with Crippen molar-refractivity contribution in [2.45, 2.75) is 33.3 Å². The summed E-state index contributed by atoms with van der Waals surface area (Å²) in [5.74, 6) is -0.352. The third-order valence-electron chi connectivity index (χ3n) is 6.63. The number of carbonyl (C=O) groups is 3. The van der Waals surface area contributed by atoms with Crippen LogP contribution in [0, 0.1) is 0 Å². The minimum absolute atomic E-state index is 0.00584. The van der Waals surface area contributed by atoms with Crippen LogP contribution >= 0.6 is 0 Å². The number of ketones is 1. The van der Waals surface area contributed by atoms with Gasteiger partial charge in [-0.15, -0.1) is 0 Å². The van der Waals surface area contributed by atoms with Crippen molar-refractivity contribution in [2.24, 2.45) is 0 Å². The first-order valence-corrected chi connectivity index (χ1v) is 13.2. The first-order valence-electron chi connectivity index (χ1n) is 13.2. The predicted octanol–water partition coefficient (Wildman–Crippen LogP) is 4.91. The van der Waals surface area contributed by atoms with Gasteiger partial charge in [-0.1, -0.05) is 36.4 Å². The summed E-state index contributed by atoms with van der Waals surface area (Å²) in [5, 5.41) is 7.37. The Morgan fingerprint density at radius 1 is 0.925 bits per heavy atom. The van der Waals surface area contributed by atoms with E-state index in [0.717, 1.165) is 16.8 Å². The van der Waals surface area contributed by atoms with Gasteiger partial charge >= 0.3 is 6.09 Å². The van der Waals surface area contributed by atoms with E-state index in [2.05, 4.69) is 20.3 Å². The Kier molecular flexibility index (Phi) is 7.25. The van der Waals surface area contributed by atoms with Gasteiger partial charge in [-0.05, 0) is 51.5 Å². The van der Waals surface area contributed by atoms with Gasteiger partial charge in [-0.2, -0.15) is 5.10 Å². The predicted molar refractivity (Wildman–Crippen MR) is 153 cm³/mol. The maximum Gasteiger partial charge on any atom is 0.410 e. The zero-order valence-corrected chi connectivity index (χ0v) is 23.0. The number of para-hydroxylation sites is 2. The van der Waals surface area contributed by atoms with E-state index in [0.29, 0.717) is 43.1 Å². The average molecular weight is 541 g/mol. The molecule has 2 aromatic heterocycles. The SMILES string of the molecule is CC(=O)c1ccc(-c2cnn3ccc(C(=O)Nc4ccccc4N4CCN(C(=O)OC(C)(C)C)CC4)nc23)cc1. The highest BCUT2D eigenvalue weighted by Gasteiger charge is 2.27. The number of fused-ring (bicyclic) bond motifs is 1. The number of aromatic nitrogens is 3. The lowest BCUT2D eigenvalue weighted by Crippen LogP contribution is -2.50. The molecule has 40 heavy (non-hydrogen) atoms. The fourth-order valence-electron chi connectivity index (χ4n) is 4.58. The highest BCUT2D eigenvalue weighted by molar-refractivity contribution is 6.05. The van der Waals surface area contributed by atoms with Gasteiger partial charge in [0.2, 0.25) is 0 Å². The summed E-state index contributed by atoms with van der Waals surface area (Å²) in [6.45, 7) is 9.35. The quantitative estimate of drug-likeness (QED) is 0.358. The third kappa shape index (κ3) is 5.80. The molecule has 4 aromatic rings. The Labute approximate surface area is 232 Å². The molecule has 2 aromatic carbocycles. The highest BCUT2D eigenvalue weighted by atomic mass is 16.6. The van der Waals surface area contributed by atoms with E-state index >= 15 is 0 Å². The molecule has 1 N–H and O–H groups in total. The van der Waals surface area contributed by atoms with E-state index in [9.17, 15) is 14.4 Å². The maximum atomic E-state index is 13.3. The minimum Gasteiger partial charge on any atom is -0.444 e. The van der Waals surface area contributed by atoms with Crippen molar-refractivity contribution in [3.63, 3.8) is 0 Å². The van der Waals surface area contributed by atoms with E-state index in [4.69, 9.17) is 4.74 Å². The zero-order chi connectivity index (χ0) is 28.4. The van der Waals surface area contributed by atoms with Crippen LogP contribution in [-0.4, -0.2) is 69.1 Å². The smallest absolute Gasteiger partial charge is 0.410 e. The summed E-state index contributed by atoms with van der Waals surface area (Å²) >= 11 is 0. The van der Waals surface area contributed by atoms with E-state index in [1.807, 2.05) is 57.2 Å². The largest absolute Gasteiger partial charge is 0.444 e. The molecule has 0 spiro atoms. The number of piperazine rings is 1. The lowest BCUT2D eigenvalue weighted by molar-refractivity contribution is 0.0240. The molecule has 1 saturated heterocycles. The van der Waals surface area contributed by atoms with Crippen molar-refractivity contribution >= 4 is 34.8 Å². The monoisotopic (exact) mass is 540 g/mol. The van der Waals surface area contributed by atoms with Gasteiger partial charge in [0.25, 0.3) is 5.91 Å². The molecule has 206 valence electrons. The molecule has 10 heteroatoms. The molecule has 10 nitrogen and oxygen atoms in total. The molecule has 3 heterocycles. The number of ether oxygens (including phenoxy) is 1. The summed E-state index contributed by atoms with van der Waals surface area (Å²) in [7, 11) is 0. The molecule has 0 unspecified atom stereocenters. The number of amides is 2. The van der Waals surface area contributed by atoms with Crippen LogP contribution in [0.5, 0.6) is 0 Å². The van der Waals surface area contributed by atoms with Crippen molar-refractivity contribution in [1.82, 2.24) is 19.5 Å². The lowest BCUT2D eigenvalue weighted by Gasteiger charge is -2.37. The molecule has 0 bridgehead atoms. The van der Waals surface area contributed by atoms with Gasteiger partial charge in [0.1, 0.15) is 11.3 Å². The molecule has 1 aliphatic rings. The van der Waals surface area contributed by atoms with Crippen LogP contribution in [0.25, 0.3) is 16.8 Å². The summed E-state index contributed by atoms with van der Waals surface area (Å²) < 4.78 is 7.12. The van der Waals surface area contributed by atoms with Crippen LogP contribution in [0.15, 0.2) is 67.0 Å². The van der Waals surface area contributed by atoms with E-state index < -0.39 is 5.60 Å². The molecule has 2 amide bonds. The molecule has 0 atom stereocenters. The number of carbonyl (C=O) groups excluding carboxylic acids is 3. The van der Waals surface area contributed by atoms with Gasteiger partial charge in [-0.25, -0.2) is 14.3 Å². The molecule has 0 radical (unpaired) electrons. The van der Waals surface area contributed by atoms with Crippen molar-refractivity contribution in [2.75, 3.05) is 36.4 Å². The molecule has 0 saturated carbocycles. The van der Waals surface area contributed by atoms with E-state index in [1.54, 1.807) is 40.0 Å². The molecular weight excluding hydrogens is 508 g/mol. The topological polar surface area (TPSA) is 109 Å². The number of hydrogen-bond acceptors (Lipinski definition) is 7. The fraction of sp³-hybridized carbons (Fsp3) is 0.300. The Morgan fingerprint density at radius 3 is 2.30 bits per heavy atom. The second-order valence-corrected chi connectivity index (χ2v) is 10.7. The average Bonchev–Trinajstić information content (AvgIpc) is 3.36. The Balaban J connectivity index is 1.32. The molecule has 0 aliphatic carbocycles. The molecule has 5 rings (SSSR count). The van der Waals surface area contributed by atoms with Crippen LogP contribution in [0.2, 0.25) is 0 Å². The third-order valence-corrected chi connectivity index (χ3v) is 6.63. The van der Waals surface area contributed by atoms with Crippen LogP contribution in [-0.2, 0) is 4.74 Å².